The molecule has 0 aliphatic rings. The quantitative estimate of drug-likeness (QED) is 0.870. The molecule has 3 N–H and O–H groups in total. The van der Waals surface area contributed by atoms with Gasteiger partial charge in [0, 0.05) is 0 Å². The third-order valence-electron chi connectivity index (χ3n) is 2.41. The number of carboxylic acids is 1. The first-order valence-electron chi connectivity index (χ1n) is 5.05. The maximum atomic E-state index is 12.8. The molecule has 0 fully saturated rings. The summed E-state index contributed by atoms with van der Waals surface area (Å²) in [6.45, 7) is 2.07. The van der Waals surface area contributed by atoms with Gasteiger partial charge in [0.05, 0.1) is 6.61 Å². The van der Waals surface area contributed by atoms with Gasteiger partial charge in [-0.05, 0) is 24.6 Å². The minimum atomic E-state index is -5.09. The van der Waals surface area contributed by atoms with Crippen LogP contribution in [-0.2, 0) is 10.3 Å². The number of hydrogen-bond acceptors (Lipinski definition) is 3. The van der Waals surface area contributed by atoms with Gasteiger partial charge in [0.15, 0.2) is 0 Å². The van der Waals surface area contributed by atoms with Crippen LogP contribution in [0.4, 0.5) is 13.2 Å². The van der Waals surface area contributed by atoms with Gasteiger partial charge in [-0.3, -0.25) is 0 Å². The van der Waals surface area contributed by atoms with Crippen molar-refractivity contribution in [1.29, 1.82) is 0 Å². The zero-order valence-corrected chi connectivity index (χ0v) is 9.49. The van der Waals surface area contributed by atoms with Crippen LogP contribution in [0.2, 0.25) is 0 Å². The summed E-state index contributed by atoms with van der Waals surface area (Å²) in [5.41, 5.74) is 1.03. The fourth-order valence-electron chi connectivity index (χ4n) is 1.39. The van der Waals surface area contributed by atoms with Gasteiger partial charge in [0.25, 0.3) is 0 Å². The average Bonchev–Trinajstić information content (AvgIpc) is 2.27. The molecule has 1 unspecified atom stereocenters. The largest absolute Gasteiger partial charge is 0.494 e. The van der Waals surface area contributed by atoms with Crippen molar-refractivity contribution in [2.45, 2.75) is 18.6 Å². The van der Waals surface area contributed by atoms with Crippen LogP contribution < -0.4 is 10.5 Å². The highest BCUT2D eigenvalue weighted by atomic mass is 19.4. The van der Waals surface area contributed by atoms with Crippen molar-refractivity contribution >= 4 is 5.97 Å². The fraction of sp³-hybridized carbons (Fsp3) is 0.364. The van der Waals surface area contributed by atoms with Crippen LogP contribution in [0.3, 0.4) is 0 Å². The number of hydrogen-bond donors (Lipinski definition) is 2. The van der Waals surface area contributed by atoms with Crippen LogP contribution in [0.1, 0.15) is 12.5 Å². The Balaban J connectivity index is 3.20. The number of nitrogens with two attached hydrogens (primary N) is 1. The first kappa shape index (κ1) is 14.3. The highest BCUT2D eigenvalue weighted by Crippen LogP contribution is 2.37. The molecule has 1 aromatic carbocycles. The molecule has 100 valence electrons. The van der Waals surface area contributed by atoms with E-state index in [1.165, 1.54) is 12.1 Å². The van der Waals surface area contributed by atoms with E-state index in [0.717, 1.165) is 12.1 Å². The van der Waals surface area contributed by atoms with Crippen molar-refractivity contribution in [3.8, 4) is 5.75 Å². The van der Waals surface area contributed by atoms with E-state index >= 15 is 0 Å². The summed E-state index contributed by atoms with van der Waals surface area (Å²) >= 11 is 0. The lowest BCUT2D eigenvalue weighted by molar-refractivity contribution is -0.204. The molecule has 0 radical (unpaired) electrons. The molecular formula is C11H12F3NO3. The lowest BCUT2D eigenvalue weighted by Crippen LogP contribution is -2.56. The van der Waals surface area contributed by atoms with Crippen molar-refractivity contribution in [2.24, 2.45) is 5.73 Å². The van der Waals surface area contributed by atoms with Gasteiger partial charge in [0.2, 0.25) is 5.54 Å². The maximum absolute atomic E-state index is 12.8. The molecule has 1 rings (SSSR count). The van der Waals surface area contributed by atoms with E-state index in [4.69, 9.17) is 15.6 Å². The maximum Gasteiger partial charge on any atom is 0.421 e. The van der Waals surface area contributed by atoms with Gasteiger partial charge in [-0.15, -0.1) is 0 Å². The molecule has 0 heterocycles. The normalized spacial score (nSPS) is 14.9. The van der Waals surface area contributed by atoms with Crippen LogP contribution in [0.25, 0.3) is 0 Å². The first-order chi connectivity index (χ1) is 8.23. The Kier molecular flexibility index (Phi) is 3.85. The predicted octanol–water partition coefficient (Wildman–Crippen LogP) is 1.89. The molecule has 0 amide bonds. The highest BCUT2D eigenvalue weighted by molar-refractivity contribution is 5.81. The summed E-state index contributed by atoms with van der Waals surface area (Å²) in [4.78, 5) is 10.8. The molecule has 0 aliphatic heterocycles. The second kappa shape index (κ2) is 4.85. The van der Waals surface area contributed by atoms with Crippen molar-refractivity contribution < 1.29 is 27.8 Å². The molecule has 18 heavy (non-hydrogen) atoms. The number of ether oxygens (including phenoxy) is 1. The minimum absolute atomic E-state index is 0.344. The van der Waals surface area contributed by atoms with Gasteiger partial charge in [-0.1, -0.05) is 12.1 Å². The van der Waals surface area contributed by atoms with Gasteiger partial charge < -0.3 is 15.6 Å². The van der Waals surface area contributed by atoms with Gasteiger partial charge in [-0.25, -0.2) is 4.79 Å². The van der Waals surface area contributed by atoms with E-state index in [1.54, 1.807) is 6.92 Å². The Morgan fingerprint density at radius 3 is 2.17 bits per heavy atom. The summed E-state index contributed by atoms with van der Waals surface area (Å²) in [7, 11) is 0. The van der Waals surface area contributed by atoms with Crippen LogP contribution in [0.15, 0.2) is 24.3 Å². The Labute approximate surface area is 101 Å². The standard InChI is InChI=1S/C11H12F3NO3/c1-2-18-8-5-3-7(4-6-8)10(15,9(16)17)11(12,13)14/h3-6H,2,15H2,1H3,(H,16,17). The molecular weight excluding hydrogens is 251 g/mol. The number of carboxylic acid groups (broad SMARTS) is 1. The Morgan fingerprint density at radius 1 is 1.33 bits per heavy atom. The zero-order valence-electron chi connectivity index (χ0n) is 9.49. The topological polar surface area (TPSA) is 72.5 Å². The summed E-state index contributed by atoms with van der Waals surface area (Å²) in [6.07, 6.45) is -5.09. The highest BCUT2D eigenvalue weighted by Gasteiger charge is 2.59. The van der Waals surface area contributed by atoms with Crippen LogP contribution in [0.5, 0.6) is 5.75 Å². The van der Waals surface area contributed by atoms with Gasteiger partial charge >= 0.3 is 12.1 Å². The third-order valence-corrected chi connectivity index (χ3v) is 2.41. The van der Waals surface area contributed by atoms with Crippen LogP contribution in [-0.4, -0.2) is 23.9 Å². The van der Waals surface area contributed by atoms with E-state index < -0.39 is 23.2 Å². The molecule has 0 saturated heterocycles. The van der Waals surface area contributed by atoms with Gasteiger partial charge in [-0.2, -0.15) is 13.2 Å². The molecule has 0 aliphatic carbocycles. The second-order valence-electron chi connectivity index (χ2n) is 3.57. The van der Waals surface area contributed by atoms with Crippen molar-refractivity contribution in [3.05, 3.63) is 29.8 Å². The summed E-state index contributed by atoms with van der Waals surface area (Å²) in [5, 5.41) is 8.72. The monoisotopic (exact) mass is 263 g/mol. The van der Waals surface area contributed by atoms with Gasteiger partial charge in [0.1, 0.15) is 5.75 Å². The smallest absolute Gasteiger partial charge is 0.421 e. The Morgan fingerprint density at radius 2 is 1.83 bits per heavy atom. The van der Waals surface area contributed by atoms with E-state index in [9.17, 15) is 18.0 Å². The number of benzene rings is 1. The first-order valence-corrected chi connectivity index (χ1v) is 5.05. The molecule has 0 aromatic heterocycles. The van der Waals surface area contributed by atoms with E-state index in [1.807, 2.05) is 0 Å². The third kappa shape index (κ3) is 2.40. The molecule has 0 saturated carbocycles. The molecule has 1 atom stereocenters. The zero-order chi connectivity index (χ0) is 14.0. The summed E-state index contributed by atoms with van der Waals surface area (Å²) < 4.78 is 43.3. The van der Waals surface area contributed by atoms with E-state index in [2.05, 4.69) is 0 Å². The average molecular weight is 263 g/mol. The molecule has 0 spiro atoms. The van der Waals surface area contributed by atoms with Crippen LogP contribution >= 0.6 is 0 Å². The molecule has 7 heteroatoms. The number of alkyl halides is 3. The number of rotatable bonds is 4. The molecule has 0 bridgehead atoms. The lowest BCUT2D eigenvalue weighted by Gasteiger charge is -2.27. The number of halogens is 3. The summed E-state index contributed by atoms with van der Waals surface area (Å²) in [5.74, 6) is -1.81. The minimum Gasteiger partial charge on any atom is -0.494 e. The van der Waals surface area contributed by atoms with Crippen LogP contribution in [0, 0.1) is 0 Å². The molecule has 4 nitrogen and oxygen atoms in total. The summed E-state index contributed by atoms with van der Waals surface area (Å²) in [6, 6.07) is 4.48. The van der Waals surface area contributed by atoms with E-state index in [0.29, 0.717) is 12.4 Å². The lowest BCUT2D eigenvalue weighted by atomic mass is 9.90. The number of carbonyl (C=O) groups is 1. The Hall–Kier alpha value is -1.76. The predicted molar refractivity (Wildman–Crippen MR) is 57.2 cm³/mol. The van der Waals surface area contributed by atoms with E-state index in [-0.39, 0.29) is 0 Å². The molecule has 1 aromatic rings. The van der Waals surface area contributed by atoms with Crippen molar-refractivity contribution in [1.82, 2.24) is 0 Å². The Bertz CT molecular complexity index is 430. The SMILES string of the molecule is CCOc1ccc(C(N)(C(=O)O)C(F)(F)F)cc1. The second-order valence-corrected chi connectivity index (χ2v) is 3.57. The number of aliphatic carboxylic acids is 1. The van der Waals surface area contributed by atoms with Crippen molar-refractivity contribution in [2.75, 3.05) is 6.61 Å². The fourth-order valence-corrected chi connectivity index (χ4v) is 1.39. The van der Waals surface area contributed by atoms with Crippen molar-refractivity contribution in [3.63, 3.8) is 0 Å².